The van der Waals surface area contributed by atoms with Crippen LogP contribution in [-0.2, 0) is 14.3 Å². The third-order valence-corrected chi connectivity index (χ3v) is 2.35. The van der Waals surface area contributed by atoms with Crippen LogP contribution in [0.5, 0.6) is 0 Å². The van der Waals surface area contributed by atoms with Crippen molar-refractivity contribution in [3.8, 4) is 0 Å². The fourth-order valence-corrected chi connectivity index (χ4v) is 1.41. The first-order valence-electron chi connectivity index (χ1n) is 6.83. The highest BCUT2D eigenvalue weighted by Gasteiger charge is 2.16. The number of aromatic nitrogens is 1. The zero-order valence-electron chi connectivity index (χ0n) is 12.9. The SMILES string of the molecule is CC(C)(C)OC(=O)NCCC(=O)OCC(=O)c1cccnc1. The molecule has 0 aliphatic carbocycles. The first-order chi connectivity index (χ1) is 10.3. The average Bonchev–Trinajstić information content (AvgIpc) is 2.43. The summed E-state index contributed by atoms with van der Waals surface area (Å²) in [5.41, 5.74) is -0.219. The van der Waals surface area contributed by atoms with Gasteiger partial charge in [0.25, 0.3) is 0 Å². The molecule has 1 aromatic rings. The quantitative estimate of drug-likeness (QED) is 0.635. The monoisotopic (exact) mass is 308 g/mol. The second kappa shape index (κ2) is 8.11. The third-order valence-electron chi connectivity index (χ3n) is 2.35. The summed E-state index contributed by atoms with van der Waals surface area (Å²) < 4.78 is 9.84. The summed E-state index contributed by atoms with van der Waals surface area (Å²) in [5.74, 6) is -0.908. The first kappa shape index (κ1) is 17.6. The number of hydrogen-bond donors (Lipinski definition) is 1. The number of esters is 1. The summed E-state index contributed by atoms with van der Waals surface area (Å²) >= 11 is 0. The Labute approximate surface area is 129 Å². The van der Waals surface area contributed by atoms with E-state index in [0.717, 1.165) is 0 Å². The van der Waals surface area contributed by atoms with Gasteiger partial charge in [-0.25, -0.2) is 4.79 Å². The lowest BCUT2D eigenvalue weighted by Crippen LogP contribution is -2.33. The molecule has 0 spiro atoms. The van der Waals surface area contributed by atoms with Gasteiger partial charge < -0.3 is 14.8 Å². The summed E-state index contributed by atoms with van der Waals surface area (Å²) in [6.07, 6.45) is 2.30. The number of Topliss-reactive ketones (excluding diaryl/α,β-unsaturated/α-hetero) is 1. The lowest BCUT2D eigenvalue weighted by atomic mass is 10.2. The van der Waals surface area contributed by atoms with Gasteiger partial charge in [0.15, 0.2) is 6.61 Å². The fraction of sp³-hybridized carbons (Fsp3) is 0.467. The summed E-state index contributed by atoms with van der Waals surface area (Å²) in [6, 6.07) is 3.22. The molecule has 1 aromatic heterocycles. The van der Waals surface area contributed by atoms with Crippen LogP contribution in [-0.4, -0.2) is 41.6 Å². The molecule has 0 aliphatic rings. The van der Waals surface area contributed by atoms with Gasteiger partial charge in [-0.3, -0.25) is 14.6 Å². The number of nitrogens with zero attached hydrogens (tertiary/aromatic N) is 1. The maximum Gasteiger partial charge on any atom is 0.407 e. The van der Waals surface area contributed by atoms with Gasteiger partial charge in [-0.15, -0.1) is 0 Å². The zero-order chi connectivity index (χ0) is 16.6. The minimum absolute atomic E-state index is 0.0421. The zero-order valence-corrected chi connectivity index (χ0v) is 12.9. The molecule has 0 atom stereocenters. The van der Waals surface area contributed by atoms with Gasteiger partial charge >= 0.3 is 12.1 Å². The van der Waals surface area contributed by atoms with E-state index in [1.807, 2.05) is 0 Å². The van der Waals surface area contributed by atoms with Crippen LogP contribution < -0.4 is 5.32 Å². The highest BCUT2D eigenvalue weighted by molar-refractivity contribution is 5.97. The Morgan fingerprint density at radius 3 is 2.59 bits per heavy atom. The maximum absolute atomic E-state index is 11.7. The molecule has 1 heterocycles. The Kier molecular flexibility index (Phi) is 6.49. The number of nitrogens with one attached hydrogen (secondary N) is 1. The molecule has 0 aliphatic heterocycles. The van der Waals surface area contributed by atoms with Crippen molar-refractivity contribution < 1.29 is 23.9 Å². The topological polar surface area (TPSA) is 94.6 Å². The number of ketones is 1. The lowest BCUT2D eigenvalue weighted by molar-refractivity contribution is -0.142. The number of pyridine rings is 1. The van der Waals surface area contributed by atoms with Gasteiger partial charge in [0.05, 0.1) is 6.42 Å². The smallest absolute Gasteiger partial charge is 0.407 e. The van der Waals surface area contributed by atoms with E-state index in [9.17, 15) is 14.4 Å². The number of rotatable bonds is 6. The largest absolute Gasteiger partial charge is 0.457 e. The van der Waals surface area contributed by atoms with Crippen molar-refractivity contribution in [2.45, 2.75) is 32.8 Å². The first-order valence-corrected chi connectivity index (χ1v) is 6.83. The molecule has 0 saturated carbocycles. The highest BCUT2D eigenvalue weighted by Crippen LogP contribution is 2.06. The molecule has 7 nitrogen and oxygen atoms in total. The molecule has 120 valence electrons. The standard InChI is InChI=1S/C15H20N2O5/c1-15(2,3)22-14(20)17-8-6-13(19)21-10-12(18)11-5-4-7-16-9-11/h4-5,7,9H,6,8,10H2,1-3H3,(H,17,20). The second-order valence-electron chi connectivity index (χ2n) is 5.50. The lowest BCUT2D eigenvalue weighted by Gasteiger charge is -2.19. The molecular weight excluding hydrogens is 288 g/mol. The minimum atomic E-state index is -0.605. The van der Waals surface area contributed by atoms with E-state index in [1.54, 1.807) is 39.1 Å². The van der Waals surface area contributed by atoms with Gasteiger partial charge in [-0.05, 0) is 32.9 Å². The van der Waals surface area contributed by atoms with Crippen LogP contribution in [0, 0.1) is 0 Å². The van der Waals surface area contributed by atoms with Gasteiger partial charge in [0, 0.05) is 24.5 Å². The van der Waals surface area contributed by atoms with Crippen molar-refractivity contribution in [1.29, 1.82) is 0 Å². The van der Waals surface area contributed by atoms with Gasteiger partial charge in [0.2, 0.25) is 5.78 Å². The summed E-state index contributed by atoms with van der Waals surface area (Å²) in [4.78, 5) is 38.3. The number of alkyl carbamates (subject to hydrolysis) is 1. The number of carbonyl (C=O) groups is 3. The van der Waals surface area contributed by atoms with Crippen molar-refractivity contribution in [2.24, 2.45) is 0 Å². The molecular formula is C15H20N2O5. The normalized spacial score (nSPS) is 10.7. The van der Waals surface area contributed by atoms with Crippen LogP contribution in [0.15, 0.2) is 24.5 Å². The Morgan fingerprint density at radius 1 is 1.27 bits per heavy atom. The predicted molar refractivity (Wildman–Crippen MR) is 78.4 cm³/mol. The Hall–Kier alpha value is -2.44. The summed E-state index contributed by atoms with van der Waals surface area (Å²) in [5, 5.41) is 2.43. The molecule has 0 aromatic carbocycles. The van der Waals surface area contributed by atoms with E-state index < -0.39 is 17.7 Å². The van der Waals surface area contributed by atoms with Crippen molar-refractivity contribution in [3.63, 3.8) is 0 Å². The molecule has 0 radical (unpaired) electrons. The van der Waals surface area contributed by atoms with Crippen LogP contribution in [0.3, 0.4) is 0 Å². The molecule has 0 saturated heterocycles. The summed E-state index contributed by atoms with van der Waals surface area (Å²) in [7, 11) is 0. The Morgan fingerprint density at radius 2 is 2.00 bits per heavy atom. The van der Waals surface area contributed by atoms with Crippen LogP contribution in [0.2, 0.25) is 0 Å². The van der Waals surface area contributed by atoms with Crippen LogP contribution in [0.25, 0.3) is 0 Å². The molecule has 0 fully saturated rings. The van der Waals surface area contributed by atoms with Crippen molar-refractivity contribution >= 4 is 17.8 Å². The van der Waals surface area contributed by atoms with E-state index in [4.69, 9.17) is 9.47 Å². The van der Waals surface area contributed by atoms with Crippen molar-refractivity contribution in [1.82, 2.24) is 10.3 Å². The van der Waals surface area contributed by atoms with Crippen LogP contribution >= 0.6 is 0 Å². The third kappa shape index (κ3) is 7.37. The number of hydrogen-bond acceptors (Lipinski definition) is 6. The number of ether oxygens (including phenoxy) is 2. The maximum atomic E-state index is 11.7. The highest BCUT2D eigenvalue weighted by atomic mass is 16.6. The molecule has 0 unspecified atom stereocenters. The number of amides is 1. The van der Waals surface area contributed by atoms with Crippen molar-refractivity contribution in [2.75, 3.05) is 13.2 Å². The molecule has 1 N–H and O–H groups in total. The fourth-order valence-electron chi connectivity index (χ4n) is 1.41. The van der Waals surface area contributed by atoms with Crippen LogP contribution in [0.4, 0.5) is 4.79 Å². The van der Waals surface area contributed by atoms with Crippen LogP contribution in [0.1, 0.15) is 37.6 Å². The van der Waals surface area contributed by atoms with E-state index in [-0.39, 0.29) is 25.4 Å². The minimum Gasteiger partial charge on any atom is -0.457 e. The molecule has 0 bridgehead atoms. The van der Waals surface area contributed by atoms with Gasteiger partial charge in [0.1, 0.15) is 5.60 Å². The molecule has 1 amide bonds. The molecule has 7 heteroatoms. The second-order valence-corrected chi connectivity index (χ2v) is 5.50. The number of carbonyl (C=O) groups excluding carboxylic acids is 3. The summed E-state index contributed by atoms with van der Waals surface area (Å²) in [6.45, 7) is 4.95. The van der Waals surface area contributed by atoms with Crippen molar-refractivity contribution in [3.05, 3.63) is 30.1 Å². The Balaban J connectivity index is 2.22. The van der Waals surface area contributed by atoms with Gasteiger partial charge in [-0.2, -0.15) is 0 Å². The molecule has 1 rings (SSSR count). The van der Waals surface area contributed by atoms with E-state index in [0.29, 0.717) is 5.56 Å². The van der Waals surface area contributed by atoms with E-state index >= 15 is 0 Å². The van der Waals surface area contributed by atoms with E-state index in [1.165, 1.54) is 6.20 Å². The van der Waals surface area contributed by atoms with Gasteiger partial charge in [-0.1, -0.05) is 0 Å². The van der Waals surface area contributed by atoms with E-state index in [2.05, 4.69) is 10.3 Å². The molecule has 22 heavy (non-hydrogen) atoms. The Bertz CT molecular complexity index is 522. The average molecular weight is 308 g/mol. The predicted octanol–water partition coefficient (Wildman–Crippen LogP) is 1.72.